The van der Waals surface area contributed by atoms with Crippen molar-refractivity contribution in [3.05, 3.63) is 29.1 Å². The lowest BCUT2D eigenvalue weighted by Crippen LogP contribution is -2.47. The van der Waals surface area contributed by atoms with Crippen LogP contribution in [0.5, 0.6) is 0 Å². The van der Waals surface area contributed by atoms with E-state index in [4.69, 9.17) is 0 Å². The average Bonchev–Trinajstić information content (AvgIpc) is 2.83. The number of aromatic amines is 1. The Morgan fingerprint density at radius 1 is 1.64 bits per heavy atom. The molecular formula is C8H6N4OS. The van der Waals surface area contributed by atoms with Crippen LogP contribution in [0.2, 0.25) is 0 Å². The highest BCUT2D eigenvalue weighted by Crippen LogP contribution is 2.40. The number of carbonyl (C=O) groups is 1. The first-order valence-electron chi connectivity index (χ1n) is 4.08. The number of hydrogen-bond donors (Lipinski definition) is 1. The summed E-state index contributed by atoms with van der Waals surface area (Å²) in [7, 11) is 0. The first-order chi connectivity index (χ1) is 6.86. The number of aromatic nitrogens is 3. The van der Waals surface area contributed by atoms with Crippen molar-refractivity contribution in [1.29, 1.82) is 0 Å². The Kier molecular flexibility index (Phi) is 1.51. The number of β-lactam (4-membered cyclic amide) rings is 1. The predicted molar refractivity (Wildman–Crippen MR) is 51.7 cm³/mol. The van der Waals surface area contributed by atoms with Crippen LogP contribution in [0.25, 0.3) is 6.08 Å². The van der Waals surface area contributed by atoms with Crippen LogP contribution in [-0.2, 0) is 4.79 Å². The zero-order valence-electron chi connectivity index (χ0n) is 7.04. The summed E-state index contributed by atoms with van der Waals surface area (Å²) in [5.74, 6) is 0.0549. The Morgan fingerprint density at radius 2 is 2.57 bits per heavy atom. The third kappa shape index (κ3) is 0.941. The Labute approximate surface area is 83.9 Å². The van der Waals surface area contributed by atoms with Gasteiger partial charge in [-0.05, 0) is 11.5 Å². The van der Waals surface area contributed by atoms with Crippen LogP contribution in [-0.4, -0.2) is 31.6 Å². The van der Waals surface area contributed by atoms with Gasteiger partial charge in [-0.15, -0.1) is 11.8 Å². The maximum atomic E-state index is 11.5. The fraction of sp³-hybridized carbons (Fsp3) is 0.125. The van der Waals surface area contributed by atoms with Crippen molar-refractivity contribution in [3.63, 3.8) is 0 Å². The number of thioether (sulfide) groups is 1. The number of nitrogens with one attached hydrogen (secondary N) is 1. The number of rotatable bonds is 1. The molecule has 6 heteroatoms. The molecular weight excluding hydrogens is 200 g/mol. The van der Waals surface area contributed by atoms with E-state index >= 15 is 0 Å². The van der Waals surface area contributed by atoms with Gasteiger partial charge in [-0.3, -0.25) is 9.69 Å². The van der Waals surface area contributed by atoms with E-state index in [2.05, 4.69) is 15.4 Å². The second-order valence-corrected chi connectivity index (χ2v) is 3.97. The van der Waals surface area contributed by atoms with E-state index in [-0.39, 0.29) is 11.3 Å². The molecule has 14 heavy (non-hydrogen) atoms. The van der Waals surface area contributed by atoms with Crippen molar-refractivity contribution in [2.45, 2.75) is 5.37 Å². The van der Waals surface area contributed by atoms with E-state index in [1.54, 1.807) is 35.1 Å². The van der Waals surface area contributed by atoms with Crippen LogP contribution < -0.4 is 0 Å². The molecule has 0 saturated carbocycles. The monoisotopic (exact) mass is 206 g/mol. The molecule has 1 aromatic rings. The van der Waals surface area contributed by atoms with E-state index in [1.807, 2.05) is 5.41 Å². The molecule has 5 nitrogen and oxygen atoms in total. The Balaban J connectivity index is 1.91. The summed E-state index contributed by atoms with van der Waals surface area (Å²) in [6, 6.07) is 0. The quantitative estimate of drug-likeness (QED) is 0.539. The van der Waals surface area contributed by atoms with E-state index < -0.39 is 0 Å². The molecule has 3 heterocycles. The van der Waals surface area contributed by atoms with Gasteiger partial charge in [0, 0.05) is 6.20 Å². The van der Waals surface area contributed by atoms with Crippen LogP contribution in [0.4, 0.5) is 0 Å². The third-order valence-corrected chi connectivity index (χ3v) is 3.18. The molecule has 0 spiro atoms. The molecule has 0 bridgehead atoms. The highest BCUT2D eigenvalue weighted by molar-refractivity contribution is 8.03. The van der Waals surface area contributed by atoms with Crippen molar-refractivity contribution in [3.8, 4) is 0 Å². The van der Waals surface area contributed by atoms with Gasteiger partial charge in [0.15, 0.2) is 0 Å². The lowest BCUT2D eigenvalue weighted by molar-refractivity contribution is -0.130. The normalized spacial score (nSPS) is 26.9. The van der Waals surface area contributed by atoms with Gasteiger partial charge in [0.2, 0.25) is 0 Å². The van der Waals surface area contributed by atoms with E-state index in [1.165, 1.54) is 0 Å². The molecule has 3 rings (SSSR count). The molecule has 1 N–H and O–H groups in total. The van der Waals surface area contributed by atoms with Gasteiger partial charge in [0.05, 0.1) is 11.8 Å². The van der Waals surface area contributed by atoms with Crippen molar-refractivity contribution < 1.29 is 4.79 Å². The first kappa shape index (κ1) is 7.81. The SMILES string of the molecule is O=C1C(=Cc2cn[nH]n2)[C@H]2SC=CN12. The summed E-state index contributed by atoms with van der Waals surface area (Å²) in [6.45, 7) is 0. The van der Waals surface area contributed by atoms with Crippen LogP contribution in [0.3, 0.4) is 0 Å². The minimum atomic E-state index is 0.0549. The molecule has 2 aliphatic rings. The van der Waals surface area contributed by atoms with Crippen molar-refractivity contribution >= 4 is 23.7 Å². The van der Waals surface area contributed by atoms with Gasteiger partial charge in [-0.2, -0.15) is 15.4 Å². The van der Waals surface area contributed by atoms with Crippen molar-refractivity contribution in [2.24, 2.45) is 0 Å². The molecule has 1 amide bonds. The van der Waals surface area contributed by atoms with Crippen molar-refractivity contribution in [1.82, 2.24) is 20.3 Å². The third-order valence-electron chi connectivity index (χ3n) is 2.17. The Bertz CT molecular complexity index is 436. The summed E-state index contributed by atoms with van der Waals surface area (Å²) in [5, 5.41) is 12.1. The van der Waals surface area contributed by atoms with Crippen molar-refractivity contribution in [2.75, 3.05) is 0 Å². The zero-order chi connectivity index (χ0) is 9.54. The molecule has 1 aromatic heterocycles. The van der Waals surface area contributed by atoms with E-state index in [0.717, 1.165) is 5.57 Å². The second-order valence-electron chi connectivity index (χ2n) is 2.98. The van der Waals surface area contributed by atoms with Gasteiger partial charge >= 0.3 is 0 Å². The lowest BCUT2D eigenvalue weighted by atomic mass is 10.1. The van der Waals surface area contributed by atoms with Gasteiger partial charge in [0.1, 0.15) is 11.1 Å². The molecule has 0 radical (unpaired) electrons. The van der Waals surface area contributed by atoms with Crippen LogP contribution in [0, 0.1) is 0 Å². The molecule has 1 saturated heterocycles. The molecule has 70 valence electrons. The van der Waals surface area contributed by atoms with Gasteiger partial charge in [0.25, 0.3) is 5.91 Å². The largest absolute Gasteiger partial charge is 0.298 e. The standard InChI is InChI=1S/C8H6N4OS/c13-7-6(3-5-4-9-11-10-5)8-12(7)1-2-14-8/h1-4,8H,(H,9,10,11)/t8-/m1/s1. The van der Waals surface area contributed by atoms with Crippen LogP contribution >= 0.6 is 11.8 Å². The zero-order valence-corrected chi connectivity index (χ0v) is 7.86. The minimum absolute atomic E-state index is 0.0549. The Morgan fingerprint density at radius 3 is 3.36 bits per heavy atom. The maximum absolute atomic E-state index is 11.5. The van der Waals surface area contributed by atoms with E-state index in [9.17, 15) is 4.79 Å². The second kappa shape index (κ2) is 2.71. The maximum Gasteiger partial charge on any atom is 0.258 e. The summed E-state index contributed by atoms with van der Waals surface area (Å²) in [5.41, 5.74) is 1.48. The number of nitrogens with zero attached hydrogens (tertiary/aromatic N) is 3. The number of fused-ring (bicyclic) bond motifs is 1. The number of H-pyrrole nitrogens is 1. The smallest absolute Gasteiger partial charge is 0.258 e. The summed E-state index contributed by atoms with van der Waals surface area (Å²) in [6.07, 6.45) is 5.17. The summed E-state index contributed by atoms with van der Waals surface area (Å²) < 4.78 is 0. The molecule has 0 aliphatic carbocycles. The number of carbonyl (C=O) groups excluding carboxylic acids is 1. The highest BCUT2D eigenvalue weighted by Gasteiger charge is 2.43. The molecule has 0 unspecified atom stereocenters. The lowest BCUT2D eigenvalue weighted by Gasteiger charge is -2.35. The summed E-state index contributed by atoms with van der Waals surface area (Å²) in [4.78, 5) is 13.2. The first-order valence-corrected chi connectivity index (χ1v) is 5.03. The van der Waals surface area contributed by atoms with Gasteiger partial charge in [-0.25, -0.2) is 0 Å². The fourth-order valence-electron chi connectivity index (χ4n) is 1.48. The average molecular weight is 206 g/mol. The van der Waals surface area contributed by atoms with Gasteiger partial charge < -0.3 is 0 Å². The molecule has 1 fully saturated rings. The number of amides is 1. The summed E-state index contributed by atoms with van der Waals surface area (Å²) >= 11 is 1.62. The van der Waals surface area contributed by atoms with E-state index in [0.29, 0.717) is 5.69 Å². The van der Waals surface area contributed by atoms with Crippen LogP contribution in [0.1, 0.15) is 5.69 Å². The van der Waals surface area contributed by atoms with Gasteiger partial charge in [-0.1, -0.05) is 0 Å². The number of hydrogen-bond acceptors (Lipinski definition) is 4. The molecule has 1 atom stereocenters. The Hall–Kier alpha value is -1.56. The molecule has 2 aliphatic heterocycles. The minimum Gasteiger partial charge on any atom is -0.298 e. The predicted octanol–water partition coefficient (Wildman–Crippen LogP) is 0.574. The molecule has 0 aromatic carbocycles. The fourth-order valence-corrected chi connectivity index (χ4v) is 2.44. The van der Waals surface area contributed by atoms with Crippen LogP contribution in [0.15, 0.2) is 23.4 Å². The topological polar surface area (TPSA) is 61.9 Å². The highest BCUT2D eigenvalue weighted by atomic mass is 32.2.